The summed E-state index contributed by atoms with van der Waals surface area (Å²) in [7, 11) is 0. The van der Waals surface area contributed by atoms with Gasteiger partial charge >= 0.3 is 0 Å². The van der Waals surface area contributed by atoms with E-state index in [-0.39, 0.29) is 17.7 Å². The number of hydrogen-bond acceptors (Lipinski definition) is 6. The van der Waals surface area contributed by atoms with Crippen LogP contribution in [0.15, 0.2) is 53.6 Å². The first-order chi connectivity index (χ1) is 13.9. The summed E-state index contributed by atoms with van der Waals surface area (Å²) in [5, 5.41) is 22.1. The molecule has 0 saturated heterocycles. The third-order valence-electron chi connectivity index (χ3n) is 4.33. The van der Waals surface area contributed by atoms with Crippen molar-refractivity contribution < 1.29 is 14.6 Å². The number of aliphatic hydroxyl groups excluding tert-OH is 2. The van der Waals surface area contributed by atoms with E-state index in [0.717, 1.165) is 6.07 Å². The van der Waals surface area contributed by atoms with Gasteiger partial charge in [-0.25, -0.2) is 14.4 Å². The molecule has 0 bridgehead atoms. The first-order valence-electron chi connectivity index (χ1n) is 8.91. The zero-order valence-corrected chi connectivity index (χ0v) is 16.3. The zero-order chi connectivity index (χ0) is 21.0. The Labute approximate surface area is 171 Å². The number of nitrogens with zero attached hydrogens (tertiary/aromatic N) is 3. The number of halogens is 2. The predicted molar refractivity (Wildman–Crippen MR) is 109 cm³/mol. The van der Waals surface area contributed by atoms with E-state index in [0.29, 0.717) is 22.8 Å². The molecular weight excluding hydrogens is 399 g/mol. The first kappa shape index (κ1) is 20.9. The minimum atomic E-state index is -0.780. The topological polar surface area (TPSA) is 100 Å². The quantitative estimate of drug-likeness (QED) is 0.545. The van der Waals surface area contributed by atoms with E-state index >= 15 is 0 Å². The van der Waals surface area contributed by atoms with Crippen molar-refractivity contribution in [1.82, 2.24) is 14.5 Å². The van der Waals surface area contributed by atoms with E-state index in [1.54, 1.807) is 25.3 Å². The van der Waals surface area contributed by atoms with Crippen LogP contribution in [0.3, 0.4) is 0 Å². The molecule has 1 unspecified atom stereocenters. The van der Waals surface area contributed by atoms with Gasteiger partial charge in [0.1, 0.15) is 5.82 Å². The molecule has 29 heavy (non-hydrogen) atoms. The summed E-state index contributed by atoms with van der Waals surface area (Å²) in [5.41, 5.74) is 1.08. The highest BCUT2D eigenvalue weighted by atomic mass is 35.5. The van der Waals surface area contributed by atoms with E-state index < -0.39 is 24.0 Å². The second kappa shape index (κ2) is 9.13. The lowest BCUT2D eigenvalue weighted by atomic mass is 10.1. The van der Waals surface area contributed by atoms with Crippen LogP contribution < -0.4 is 10.9 Å². The smallest absolute Gasteiger partial charge is 0.251 e. The molecule has 9 heteroatoms. The molecule has 7 nitrogen and oxygen atoms in total. The minimum absolute atomic E-state index is 0.0731. The molecule has 0 aliphatic heterocycles. The third kappa shape index (κ3) is 4.97. The Balaban J connectivity index is 1.94. The Kier molecular flexibility index (Phi) is 6.58. The summed E-state index contributed by atoms with van der Waals surface area (Å²) >= 11 is 5.90. The SMILES string of the molecule is C[C@@H](CO)Nc1nccc(-c2ccn(C(CO)c3cc(F)cc(Cl)c3)c(=O)c2)n1. The molecule has 2 atom stereocenters. The predicted octanol–water partition coefficient (Wildman–Crippen LogP) is 2.47. The van der Waals surface area contributed by atoms with Gasteiger partial charge in [-0.3, -0.25) is 4.79 Å². The molecule has 1 aromatic carbocycles. The molecule has 3 rings (SSSR count). The van der Waals surface area contributed by atoms with Gasteiger partial charge in [-0.05, 0) is 42.8 Å². The Bertz CT molecular complexity index is 1040. The normalized spacial score (nSPS) is 13.1. The molecule has 2 heterocycles. The van der Waals surface area contributed by atoms with Crippen LogP contribution in [0.4, 0.5) is 10.3 Å². The van der Waals surface area contributed by atoms with Crippen molar-refractivity contribution in [2.75, 3.05) is 18.5 Å². The fourth-order valence-electron chi connectivity index (χ4n) is 2.88. The van der Waals surface area contributed by atoms with Gasteiger partial charge in [0.25, 0.3) is 5.56 Å². The highest BCUT2D eigenvalue weighted by molar-refractivity contribution is 6.30. The van der Waals surface area contributed by atoms with Crippen LogP contribution in [0.25, 0.3) is 11.3 Å². The van der Waals surface area contributed by atoms with Crippen molar-refractivity contribution in [1.29, 1.82) is 0 Å². The number of hydrogen-bond donors (Lipinski definition) is 3. The lowest BCUT2D eigenvalue weighted by Crippen LogP contribution is -2.27. The maximum Gasteiger partial charge on any atom is 0.251 e. The Morgan fingerprint density at radius 2 is 2.00 bits per heavy atom. The lowest BCUT2D eigenvalue weighted by molar-refractivity contribution is 0.247. The standard InChI is InChI=1S/C20H20ClFN4O3/c1-12(10-27)24-20-23-4-2-17(25-20)13-3-5-26(19(29)8-13)18(11-28)14-6-15(21)9-16(22)7-14/h2-9,12,18,27-28H,10-11H2,1H3,(H,23,24,25)/t12-,18?/m0/s1. The number of rotatable bonds is 7. The number of anilines is 1. The van der Waals surface area contributed by atoms with Gasteiger partial charge in [-0.1, -0.05) is 11.6 Å². The van der Waals surface area contributed by atoms with Crippen molar-refractivity contribution in [3.8, 4) is 11.3 Å². The fraction of sp³-hybridized carbons (Fsp3) is 0.250. The average Bonchev–Trinajstić information content (AvgIpc) is 2.69. The molecule has 152 valence electrons. The van der Waals surface area contributed by atoms with Crippen molar-refractivity contribution in [2.24, 2.45) is 0 Å². The molecule has 0 amide bonds. The minimum Gasteiger partial charge on any atom is -0.394 e. The van der Waals surface area contributed by atoms with Gasteiger partial charge in [0.05, 0.1) is 24.9 Å². The van der Waals surface area contributed by atoms with Crippen LogP contribution in [0.2, 0.25) is 5.02 Å². The third-order valence-corrected chi connectivity index (χ3v) is 4.55. The molecule has 3 N–H and O–H groups in total. The second-order valence-corrected chi connectivity index (χ2v) is 6.99. The Morgan fingerprint density at radius 3 is 2.66 bits per heavy atom. The van der Waals surface area contributed by atoms with Gasteiger partial charge < -0.3 is 20.1 Å². The Hall–Kier alpha value is -2.81. The van der Waals surface area contributed by atoms with Crippen LogP contribution in [-0.4, -0.2) is 44.0 Å². The fourth-order valence-corrected chi connectivity index (χ4v) is 3.11. The van der Waals surface area contributed by atoms with Crippen LogP contribution in [0.5, 0.6) is 0 Å². The molecule has 0 spiro atoms. The molecule has 0 aliphatic carbocycles. The maximum absolute atomic E-state index is 13.7. The van der Waals surface area contributed by atoms with Crippen LogP contribution >= 0.6 is 11.6 Å². The molecule has 0 aliphatic rings. The number of pyridine rings is 1. The van der Waals surface area contributed by atoms with Crippen molar-refractivity contribution in [3.63, 3.8) is 0 Å². The zero-order valence-electron chi connectivity index (χ0n) is 15.6. The highest BCUT2D eigenvalue weighted by Gasteiger charge is 2.16. The van der Waals surface area contributed by atoms with Crippen molar-refractivity contribution >= 4 is 17.5 Å². The molecule has 2 aromatic heterocycles. The molecule has 0 fully saturated rings. The Morgan fingerprint density at radius 1 is 1.21 bits per heavy atom. The maximum atomic E-state index is 13.7. The molecule has 0 radical (unpaired) electrons. The number of aromatic nitrogens is 3. The summed E-state index contributed by atoms with van der Waals surface area (Å²) < 4.78 is 15.0. The van der Waals surface area contributed by atoms with E-state index in [1.807, 2.05) is 0 Å². The van der Waals surface area contributed by atoms with Gasteiger partial charge in [0.2, 0.25) is 5.95 Å². The average molecular weight is 419 g/mol. The van der Waals surface area contributed by atoms with E-state index in [1.165, 1.54) is 29.0 Å². The molecular formula is C20H20ClFN4O3. The van der Waals surface area contributed by atoms with Crippen LogP contribution in [0, 0.1) is 5.82 Å². The van der Waals surface area contributed by atoms with E-state index in [4.69, 9.17) is 16.7 Å². The summed E-state index contributed by atoms with van der Waals surface area (Å²) in [6.45, 7) is 1.31. The van der Waals surface area contributed by atoms with E-state index in [9.17, 15) is 14.3 Å². The number of aliphatic hydroxyl groups is 2. The number of benzene rings is 1. The van der Waals surface area contributed by atoms with Gasteiger partial charge in [0.15, 0.2) is 0 Å². The second-order valence-electron chi connectivity index (χ2n) is 6.56. The first-order valence-corrected chi connectivity index (χ1v) is 9.29. The highest BCUT2D eigenvalue weighted by Crippen LogP contribution is 2.23. The summed E-state index contributed by atoms with van der Waals surface area (Å²) in [5.74, 6) is -0.218. The van der Waals surface area contributed by atoms with Crippen LogP contribution in [-0.2, 0) is 0 Å². The molecule has 0 saturated carbocycles. The largest absolute Gasteiger partial charge is 0.394 e. The van der Waals surface area contributed by atoms with Crippen molar-refractivity contribution in [3.05, 3.63) is 75.5 Å². The van der Waals surface area contributed by atoms with Crippen LogP contribution in [0.1, 0.15) is 18.5 Å². The lowest BCUT2D eigenvalue weighted by Gasteiger charge is -2.19. The summed E-state index contributed by atoms with van der Waals surface area (Å²) in [4.78, 5) is 21.1. The molecule has 3 aromatic rings. The summed E-state index contributed by atoms with van der Waals surface area (Å²) in [6.07, 6.45) is 3.06. The number of nitrogens with one attached hydrogen (secondary N) is 1. The van der Waals surface area contributed by atoms with Gasteiger partial charge in [0, 0.05) is 35.1 Å². The summed E-state index contributed by atoms with van der Waals surface area (Å²) in [6, 6.07) is 7.61. The van der Waals surface area contributed by atoms with E-state index in [2.05, 4.69) is 15.3 Å². The van der Waals surface area contributed by atoms with Gasteiger partial charge in [-0.15, -0.1) is 0 Å². The monoisotopic (exact) mass is 418 g/mol. The van der Waals surface area contributed by atoms with Gasteiger partial charge in [-0.2, -0.15) is 0 Å². The van der Waals surface area contributed by atoms with Crippen molar-refractivity contribution in [2.45, 2.75) is 19.0 Å².